The van der Waals surface area contributed by atoms with Gasteiger partial charge in [0, 0.05) is 6.42 Å². The average Bonchev–Trinajstić information content (AvgIpc) is 2.55. The maximum atomic E-state index is 11.6. The standard InChI is InChI=1S/C17H17I2NO5S/c1-24-12-4-6-13(7-5-12)25-17-14(18)9-11(10-15(17)19)3-8-16(21)20-26(2,22)23/h4-7,9-10H,3,8H2,1-2H3,(H,20,21). The lowest BCUT2D eigenvalue weighted by Crippen LogP contribution is -2.29. The van der Waals surface area contributed by atoms with Crippen LogP contribution in [0.3, 0.4) is 0 Å². The Kier molecular flexibility index (Phi) is 7.52. The molecule has 0 aromatic heterocycles. The summed E-state index contributed by atoms with van der Waals surface area (Å²) in [6.45, 7) is 0. The van der Waals surface area contributed by atoms with Crippen molar-refractivity contribution < 1.29 is 22.7 Å². The fourth-order valence-corrected chi connectivity index (χ4v) is 4.76. The molecular formula is C17H17I2NO5S. The monoisotopic (exact) mass is 601 g/mol. The second-order valence-corrected chi connectivity index (χ2v) is 9.54. The highest BCUT2D eigenvalue weighted by atomic mass is 127. The third-order valence-electron chi connectivity index (χ3n) is 3.28. The molecule has 0 aliphatic heterocycles. The van der Waals surface area contributed by atoms with Gasteiger partial charge in [0.1, 0.15) is 11.5 Å². The van der Waals surface area contributed by atoms with E-state index in [9.17, 15) is 13.2 Å². The first-order chi connectivity index (χ1) is 12.2. The molecule has 6 nitrogen and oxygen atoms in total. The van der Waals surface area contributed by atoms with E-state index >= 15 is 0 Å². The summed E-state index contributed by atoms with van der Waals surface area (Å²) in [6.07, 6.45) is 1.50. The minimum Gasteiger partial charge on any atom is -0.497 e. The van der Waals surface area contributed by atoms with Gasteiger partial charge in [-0.15, -0.1) is 0 Å². The van der Waals surface area contributed by atoms with Crippen LogP contribution in [0.15, 0.2) is 36.4 Å². The van der Waals surface area contributed by atoms with Crippen molar-refractivity contribution in [2.45, 2.75) is 12.8 Å². The topological polar surface area (TPSA) is 81.7 Å². The van der Waals surface area contributed by atoms with Gasteiger partial charge >= 0.3 is 0 Å². The van der Waals surface area contributed by atoms with Gasteiger partial charge in [0.2, 0.25) is 15.9 Å². The zero-order valence-electron chi connectivity index (χ0n) is 14.1. The van der Waals surface area contributed by atoms with Crippen molar-refractivity contribution in [1.82, 2.24) is 4.72 Å². The fraction of sp³-hybridized carbons (Fsp3) is 0.235. The molecule has 2 rings (SSSR count). The van der Waals surface area contributed by atoms with Gasteiger partial charge in [-0.2, -0.15) is 0 Å². The number of hydrogen-bond donors (Lipinski definition) is 1. The molecule has 0 aliphatic rings. The normalized spacial score (nSPS) is 11.1. The van der Waals surface area contributed by atoms with Crippen LogP contribution >= 0.6 is 45.2 Å². The van der Waals surface area contributed by atoms with Crippen molar-refractivity contribution >= 4 is 61.1 Å². The summed E-state index contributed by atoms with van der Waals surface area (Å²) < 4.78 is 37.0. The molecule has 0 radical (unpaired) electrons. The van der Waals surface area contributed by atoms with E-state index in [4.69, 9.17) is 9.47 Å². The molecule has 0 fully saturated rings. The van der Waals surface area contributed by atoms with E-state index in [1.54, 1.807) is 7.11 Å². The highest BCUT2D eigenvalue weighted by Gasteiger charge is 2.13. The number of benzene rings is 2. The van der Waals surface area contributed by atoms with E-state index in [1.807, 2.05) is 41.1 Å². The van der Waals surface area contributed by atoms with Crippen LogP contribution in [0.4, 0.5) is 0 Å². The first-order valence-electron chi connectivity index (χ1n) is 7.48. The van der Waals surface area contributed by atoms with Gasteiger partial charge in [0.25, 0.3) is 0 Å². The van der Waals surface area contributed by atoms with E-state index in [1.165, 1.54) is 0 Å². The Labute approximate surface area is 180 Å². The number of amides is 1. The Bertz CT molecular complexity index is 875. The van der Waals surface area contributed by atoms with Crippen molar-refractivity contribution in [1.29, 1.82) is 0 Å². The average molecular weight is 601 g/mol. The minimum atomic E-state index is -3.52. The lowest BCUT2D eigenvalue weighted by molar-refractivity contribution is -0.119. The van der Waals surface area contributed by atoms with Crippen LogP contribution in [0.5, 0.6) is 17.2 Å². The van der Waals surface area contributed by atoms with Crippen LogP contribution in [-0.4, -0.2) is 27.7 Å². The molecule has 0 atom stereocenters. The van der Waals surface area contributed by atoms with Gasteiger partial charge in [0.15, 0.2) is 5.75 Å². The Morgan fingerprint density at radius 1 is 1.08 bits per heavy atom. The van der Waals surface area contributed by atoms with Gasteiger partial charge in [-0.1, -0.05) is 0 Å². The largest absolute Gasteiger partial charge is 0.497 e. The maximum Gasteiger partial charge on any atom is 0.233 e. The predicted octanol–water partition coefficient (Wildman–Crippen LogP) is 3.71. The van der Waals surface area contributed by atoms with E-state index in [0.29, 0.717) is 12.2 Å². The van der Waals surface area contributed by atoms with Gasteiger partial charge in [0.05, 0.1) is 20.5 Å². The van der Waals surface area contributed by atoms with Gasteiger partial charge in [-0.25, -0.2) is 8.42 Å². The lowest BCUT2D eigenvalue weighted by atomic mass is 10.1. The summed E-state index contributed by atoms with van der Waals surface area (Å²) in [5, 5.41) is 0. The number of carbonyl (C=O) groups is 1. The zero-order valence-corrected chi connectivity index (χ0v) is 19.2. The third kappa shape index (κ3) is 6.58. The highest BCUT2D eigenvalue weighted by Crippen LogP contribution is 2.33. The third-order valence-corrected chi connectivity index (χ3v) is 5.48. The SMILES string of the molecule is COc1ccc(Oc2c(I)cc(CCC(=O)NS(C)(=O)=O)cc2I)cc1. The van der Waals surface area contributed by atoms with Crippen molar-refractivity contribution in [3.05, 3.63) is 49.1 Å². The van der Waals surface area contributed by atoms with Crippen molar-refractivity contribution in [2.24, 2.45) is 0 Å². The highest BCUT2D eigenvalue weighted by molar-refractivity contribution is 14.1. The Balaban J connectivity index is 2.08. The number of carbonyl (C=O) groups excluding carboxylic acids is 1. The molecule has 0 saturated carbocycles. The number of nitrogens with one attached hydrogen (secondary N) is 1. The van der Waals surface area contributed by atoms with Crippen LogP contribution < -0.4 is 14.2 Å². The number of ether oxygens (including phenoxy) is 2. The molecule has 0 heterocycles. The molecule has 9 heteroatoms. The van der Waals surface area contributed by atoms with E-state index in [0.717, 1.165) is 30.5 Å². The van der Waals surface area contributed by atoms with Crippen LogP contribution in [0.25, 0.3) is 0 Å². The second kappa shape index (κ2) is 9.22. The molecule has 0 saturated heterocycles. The molecule has 0 bridgehead atoms. The predicted molar refractivity (Wildman–Crippen MR) is 116 cm³/mol. The van der Waals surface area contributed by atoms with Gasteiger partial charge in [-0.3, -0.25) is 9.52 Å². The van der Waals surface area contributed by atoms with Gasteiger partial charge < -0.3 is 9.47 Å². The molecule has 0 spiro atoms. The molecule has 2 aromatic carbocycles. The molecule has 2 aromatic rings. The minimum absolute atomic E-state index is 0.0952. The van der Waals surface area contributed by atoms with Crippen LogP contribution in [0, 0.1) is 7.14 Å². The number of methoxy groups -OCH3 is 1. The summed E-state index contributed by atoms with van der Waals surface area (Å²) in [4.78, 5) is 11.6. The molecule has 1 amide bonds. The summed E-state index contributed by atoms with van der Waals surface area (Å²) in [7, 11) is -1.91. The van der Waals surface area contributed by atoms with Crippen LogP contribution in [-0.2, 0) is 21.2 Å². The molecular weight excluding hydrogens is 584 g/mol. The molecule has 0 unspecified atom stereocenters. The summed E-state index contributed by atoms with van der Waals surface area (Å²) >= 11 is 4.36. The van der Waals surface area contributed by atoms with Crippen molar-refractivity contribution in [3.63, 3.8) is 0 Å². The van der Waals surface area contributed by atoms with E-state index < -0.39 is 15.9 Å². The van der Waals surface area contributed by atoms with Crippen LogP contribution in [0.2, 0.25) is 0 Å². The molecule has 0 aliphatic carbocycles. The summed E-state index contributed by atoms with van der Waals surface area (Å²) in [5.41, 5.74) is 0.935. The number of sulfonamides is 1. The Morgan fingerprint density at radius 2 is 1.62 bits per heavy atom. The fourth-order valence-electron chi connectivity index (χ4n) is 2.13. The maximum absolute atomic E-state index is 11.6. The van der Waals surface area contributed by atoms with Crippen LogP contribution in [0.1, 0.15) is 12.0 Å². The lowest BCUT2D eigenvalue weighted by Gasteiger charge is -2.12. The Morgan fingerprint density at radius 3 is 2.12 bits per heavy atom. The van der Waals surface area contributed by atoms with E-state index in [-0.39, 0.29) is 6.42 Å². The summed E-state index contributed by atoms with van der Waals surface area (Å²) in [5.74, 6) is 1.67. The smallest absolute Gasteiger partial charge is 0.233 e. The van der Waals surface area contributed by atoms with Crippen molar-refractivity contribution in [3.8, 4) is 17.2 Å². The molecule has 1 N–H and O–H groups in total. The first kappa shape index (κ1) is 21.2. The quantitative estimate of drug-likeness (QED) is 0.490. The van der Waals surface area contributed by atoms with E-state index in [2.05, 4.69) is 45.2 Å². The Hall–Kier alpha value is -1.08. The first-order valence-corrected chi connectivity index (χ1v) is 11.5. The second-order valence-electron chi connectivity index (χ2n) is 5.46. The summed E-state index contributed by atoms with van der Waals surface area (Å²) in [6, 6.07) is 11.2. The molecule has 26 heavy (non-hydrogen) atoms. The zero-order chi connectivity index (χ0) is 19.3. The van der Waals surface area contributed by atoms with Gasteiger partial charge in [-0.05, 0) is 93.6 Å². The number of halogens is 2. The number of rotatable bonds is 7. The van der Waals surface area contributed by atoms with Crippen molar-refractivity contribution in [2.75, 3.05) is 13.4 Å². The molecule has 140 valence electrons. The number of aryl methyl sites for hydroxylation is 1. The number of hydrogen-bond acceptors (Lipinski definition) is 5.